The van der Waals surface area contributed by atoms with Gasteiger partial charge in [-0.05, 0) is 25.9 Å². The highest BCUT2D eigenvalue weighted by molar-refractivity contribution is 7.99. The molecule has 1 atom stereocenters. The van der Waals surface area contributed by atoms with E-state index < -0.39 is 0 Å². The maximum absolute atomic E-state index is 5.28. The highest BCUT2D eigenvalue weighted by atomic mass is 32.2. The van der Waals surface area contributed by atoms with E-state index in [1.807, 2.05) is 0 Å². The summed E-state index contributed by atoms with van der Waals surface area (Å²) in [4.78, 5) is 0. The van der Waals surface area contributed by atoms with E-state index in [4.69, 9.17) is 9.47 Å². The molecular weight excluding hydrogens is 236 g/mol. The summed E-state index contributed by atoms with van der Waals surface area (Å²) in [7, 11) is 3.44. The van der Waals surface area contributed by atoms with E-state index in [-0.39, 0.29) is 6.10 Å². The Bertz CT molecular complexity index is 171. The summed E-state index contributed by atoms with van der Waals surface area (Å²) < 4.78 is 10.4. The van der Waals surface area contributed by atoms with Gasteiger partial charge in [0.15, 0.2) is 0 Å². The quantitative estimate of drug-likeness (QED) is 0.600. The molecule has 17 heavy (non-hydrogen) atoms. The van der Waals surface area contributed by atoms with Gasteiger partial charge >= 0.3 is 0 Å². The number of ether oxygens (including phenoxy) is 2. The lowest BCUT2D eigenvalue weighted by Crippen LogP contribution is -2.33. The number of hydrogen-bond donors (Lipinski definition) is 2. The van der Waals surface area contributed by atoms with Gasteiger partial charge in [0.1, 0.15) is 0 Å². The van der Waals surface area contributed by atoms with Crippen molar-refractivity contribution in [3.63, 3.8) is 0 Å². The first-order chi connectivity index (χ1) is 8.36. The normalized spacial score (nSPS) is 19.4. The highest BCUT2D eigenvalue weighted by Crippen LogP contribution is 2.19. The lowest BCUT2D eigenvalue weighted by atomic mass is 10.2. The number of rotatable bonds is 9. The molecule has 1 aliphatic rings. The van der Waals surface area contributed by atoms with Crippen LogP contribution in [0.4, 0.5) is 0 Å². The van der Waals surface area contributed by atoms with Crippen LogP contribution >= 0.6 is 11.8 Å². The minimum atomic E-state index is 0.170. The molecule has 0 bridgehead atoms. The number of thioether (sulfide) groups is 1. The standard InChI is InChI=1S/C12H26N2O2S/c1-15-10-11(16-2)9-14-7-8-17-12-3-5-13-6-4-12/h11-14H,3-10H2,1-2H3. The van der Waals surface area contributed by atoms with Crippen molar-refractivity contribution >= 4 is 11.8 Å². The fourth-order valence-corrected chi connectivity index (χ4v) is 3.08. The summed E-state index contributed by atoms with van der Waals surface area (Å²) in [5.74, 6) is 1.19. The summed E-state index contributed by atoms with van der Waals surface area (Å²) in [5, 5.41) is 7.67. The van der Waals surface area contributed by atoms with Gasteiger partial charge < -0.3 is 20.1 Å². The Morgan fingerprint density at radius 2 is 2.12 bits per heavy atom. The van der Waals surface area contributed by atoms with Crippen LogP contribution in [0.1, 0.15) is 12.8 Å². The van der Waals surface area contributed by atoms with Crippen LogP contribution in [0, 0.1) is 0 Å². The minimum absolute atomic E-state index is 0.170. The van der Waals surface area contributed by atoms with E-state index in [9.17, 15) is 0 Å². The second-order valence-electron chi connectivity index (χ2n) is 4.34. The van der Waals surface area contributed by atoms with Gasteiger partial charge in [0.2, 0.25) is 0 Å². The first kappa shape index (κ1) is 15.2. The van der Waals surface area contributed by atoms with E-state index in [0.29, 0.717) is 6.61 Å². The Kier molecular flexibility index (Phi) is 9.10. The van der Waals surface area contributed by atoms with Crippen molar-refractivity contribution in [2.45, 2.75) is 24.2 Å². The van der Waals surface area contributed by atoms with Crippen molar-refractivity contribution in [3.05, 3.63) is 0 Å². The fourth-order valence-electron chi connectivity index (χ4n) is 1.92. The van der Waals surface area contributed by atoms with Gasteiger partial charge in [0, 0.05) is 38.3 Å². The molecule has 102 valence electrons. The molecule has 0 aromatic carbocycles. The van der Waals surface area contributed by atoms with Gasteiger partial charge in [-0.15, -0.1) is 0 Å². The molecule has 0 aliphatic carbocycles. The van der Waals surface area contributed by atoms with Gasteiger partial charge in [-0.2, -0.15) is 11.8 Å². The summed E-state index contributed by atoms with van der Waals surface area (Å²) in [6.07, 6.45) is 2.80. The van der Waals surface area contributed by atoms with Crippen molar-refractivity contribution in [2.24, 2.45) is 0 Å². The molecule has 5 heteroatoms. The minimum Gasteiger partial charge on any atom is -0.382 e. The molecule has 1 aliphatic heterocycles. The predicted molar refractivity (Wildman–Crippen MR) is 73.9 cm³/mol. The zero-order valence-corrected chi connectivity index (χ0v) is 11.9. The van der Waals surface area contributed by atoms with E-state index >= 15 is 0 Å². The Morgan fingerprint density at radius 3 is 2.76 bits per heavy atom. The zero-order valence-electron chi connectivity index (χ0n) is 11.0. The van der Waals surface area contributed by atoms with Crippen LogP contribution in [-0.4, -0.2) is 64.1 Å². The Labute approximate surface area is 109 Å². The monoisotopic (exact) mass is 262 g/mol. The topological polar surface area (TPSA) is 42.5 Å². The SMILES string of the molecule is COCC(CNCCSC1CCNCC1)OC. The highest BCUT2D eigenvalue weighted by Gasteiger charge is 2.12. The average Bonchev–Trinajstić information content (AvgIpc) is 2.38. The summed E-state index contributed by atoms with van der Waals surface area (Å²) >= 11 is 2.10. The first-order valence-corrected chi connectivity index (χ1v) is 7.46. The second-order valence-corrected chi connectivity index (χ2v) is 5.75. The zero-order chi connectivity index (χ0) is 12.3. The molecule has 2 N–H and O–H groups in total. The Hall–Kier alpha value is 0.190. The molecule has 0 aromatic rings. The van der Waals surface area contributed by atoms with Gasteiger partial charge in [-0.3, -0.25) is 0 Å². The molecule has 0 spiro atoms. The van der Waals surface area contributed by atoms with Crippen molar-refractivity contribution in [3.8, 4) is 0 Å². The molecular formula is C12H26N2O2S. The third-order valence-electron chi connectivity index (χ3n) is 2.98. The molecule has 1 heterocycles. The Morgan fingerprint density at radius 1 is 1.35 bits per heavy atom. The van der Waals surface area contributed by atoms with E-state index in [1.165, 1.54) is 31.7 Å². The van der Waals surface area contributed by atoms with Gasteiger partial charge in [0.25, 0.3) is 0 Å². The number of methoxy groups -OCH3 is 2. The molecule has 1 saturated heterocycles. The number of hydrogen-bond acceptors (Lipinski definition) is 5. The van der Waals surface area contributed by atoms with Crippen molar-refractivity contribution < 1.29 is 9.47 Å². The molecule has 0 aromatic heterocycles. The van der Waals surface area contributed by atoms with Crippen molar-refractivity contribution in [1.29, 1.82) is 0 Å². The maximum atomic E-state index is 5.28. The molecule has 0 amide bonds. The van der Waals surface area contributed by atoms with Gasteiger partial charge in [-0.1, -0.05) is 0 Å². The first-order valence-electron chi connectivity index (χ1n) is 6.41. The lowest BCUT2D eigenvalue weighted by molar-refractivity contribution is 0.0293. The molecule has 1 rings (SSSR count). The fraction of sp³-hybridized carbons (Fsp3) is 1.00. The second kappa shape index (κ2) is 10.1. The van der Waals surface area contributed by atoms with Crippen LogP contribution in [-0.2, 0) is 9.47 Å². The molecule has 1 unspecified atom stereocenters. The molecule has 0 radical (unpaired) electrons. The molecule has 0 saturated carbocycles. The molecule has 4 nitrogen and oxygen atoms in total. The van der Waals surface area contributed by atoms with Gasteiger partial charge in [0.05, 0.1) is 12.7 Å². The van der Waals surface area contributed by atoms with Crippen LogP contribution in [0.5, 0.6) is 0 Å². The summed E-state index contributed by atoms with van der Waals surface area (Å²) in [6.45, 7) is 4.95. The average molecular weight is 262 g/mol. The molecule has 1 fully saturated rings. The Balaban J connectivity index is 1.92. The lowest BCUT2D eigenvalue weighted by Gasteiger charge is -2.22. The van der Waals surface area contributed by atoms with Crippen LogP contribution in [0.3, 0.4) is 0 Å². The van der Waals surface area contributed by atoms with Crippen LogP contribution < -0.4 is 10.6 Å². The maximum Gasteiger partial charge on any atom is 0.0928 e. The van der Waals surface area contributed by atoms with Gasteiger partial charge in [-0.25, -0.2) is 0 Å². The predicted octanol–water partition coefficient (Wildman–Crippen LogP) is 0.723. The van der Waals surface area contributed by atoms with E-state index in [1.54, 1.807) is 14.2 Å². The van der Waals surface area contributed by atoms with Crippen molar-refractivity contribution in [1.82, 2.24) is 10.6 Å². The number of piperidine rings is 1. The van der Waals surface area contributed by atoms with E-state index in [2.05, 4.69) is 22.4 Å². The smallest absolute Gasteiger partial charge is 0.0928 e. The van der Waals surface area contributed by atoms with Crippen LogP contribution in [0.2, 0.25) is 0 Å². The third-order valence-corrected chi connectivity index (χ3v) is 4.36. The number of nitrogens with one attached hydrogen (secondary N) is 2. The van der Waals surface area contributed by atoms with E-state index in [0.717, 1.165) is 18.3 Å². The largest absolute Gasteiger partial charge is 0.382 e. The van der Waals surface area contributed by atoms with Crippen LogP contribution in [0.15, 0.2) is 0 Å². The summed E-state index contributed by atoms with van der Waals surface area (Å²) in [6, 6.07) is 0. The summed E-state index contributed by atoms with van der Waals surface area (Å²) in [5.41, 5.74) is 0. The van der Waals surface area contributed by atoms with Crippen LogP contribution in [0.25, 0.3) is 0 Å². The third kappa shape index (κ3) is 7.26. The van der Waals surface area contributed by atoms with Crippen molar-refractivity contribution in [2.75, 3.05) is 52.8 Å².